The largest absolute Gasteiger partial charge is 0.257 e. The molecule has 0 N–H and O–H groups in total. The first-order valence-corrected chi connectivity index (χ1v) is 3.80. The SMILES string of the molecule is CCCc1cc(Cl)n(C)n1. The summed E-state index contributed by atoms with van der Waals surface area (Å²) in [6, 6.07) is 1.91. The predicted octanol–water partition coefficient (Wildman–Crippen LogP) is 2.03. The maximum atomic E-state index is 5.77. The van der Waals surface area contributed by atoms with E-state index in [9.17, 15) is 0 Å². The van der Waals surface area contributed by atoms with Crippen LogP contribution >= 0.6 is 11.6 Å². The Morgan fingerprint density at radius 2 is 2.40 bits per heavy atom. The van der Waals surface area contributed by atoms with Crippen LogP contribution in [0, 0.1) is 0 Å². The molecule has 0 amide bonds. The van der Waals surface area contributed by atoms with E-state index in [1.54, 1.807) is 4.68 Å². The fourth-order valence-electron chi connectivity index (χ4n) is 0.879. The van der Waals surface area contributed by atoms with Crippen molar-refractivity contribution in [2.24, 2.45) is 7.05 Å². The van der Waals surface area contributed by atoms with Crippen LogP contribution in [0.15, 0.2) is 6.07 Å². The van der Waals surface area contributed by atoms with Crippen molar-refractivity contribution >= 4 is 11.6 Å². The summed E-state index contributed by atoms with van der Waals surface area (Å²) in [5, 5.41) is 4.90. The first-order chi connectivity index (χ1) is 4.74. The molecule has 56 valence electrons. The van der Waals surface area contributed by atoms with Crippen molar-refractivity contribution in [3.8, 4) is 0 Å². The minimum Gasteiger partial charge on any atom is -0.257 e. The molecular formula is C7H11ClN2. The molecule has 3 heteroatoms. The smallest absolute Gasteiger partial charge is 0.126 e. The highest BCUT2D eigenvalue weighted by atomic mass is 35.5. The van der Waals surface area contributed by atoms with Crippen LogP contribution < -0.4 is 0 Å². The lowest BCUT2D eigenvalue weighted by Gasteiger charge is -1.88. The molecule has 0 saturated heterocycles. The number of aryl methyl sites for hydroxylation is 2. The number of aromatic nitrogens is 2. The van der Waals surface area contributed by atoms with E-state index < -0.39 is 0 Å². The minimum atomic E-state index is 0.712. The number of hydrogen-bond acceptors (Lipinski definition) is 1. The Balaban J connectivity index is 2.77. The second-order valence-electron chi connectivity index (χ2n) is 2.33. The Morgan fingerprint density at radius 3 is 2.80 bits per heavy atom. The lowest BCUT2D eigenvalue weighted by Crippen LogP contribution is -1.91. The third-order valence-electron chi connectivity index (χ3n) is 1.38. The molecule has 0 radical (unpaired) electrons. The van der Waals surface area contributed by atoms with E-state index in [0.29, 0.717) is 5.15 Å². The van der Waals surface area contributed by atoms with Gasteiger partial charge in [0, 0.05) is 7.05 Å². The van der Waals surface area contributed by atoms with Gasteiger partial charge in [-0.3, -0.25) is 4.68 Å². The topological polar surface area (TPSA) is 17.8 Å². The fourth-order valence-corrected chi connectivity index (χ4v) is 1.04. The average Bonchev–Trinajstić information content (AvgIpc) is 2.14. The predicted molar refractivity (Wildman–Crippen MR) is 42.2 cm³/mol. The molecule has 0 aliphatic carbocycles. The Kier molecular flexibility index (Phi) is 2.33. The molecule has 1 rings (SSSR count). The van der Waals surface area contributed by atoms with Crippen LogP contribution in [-0.4, -0.2) is 9.78 Å². The van der Waals surface area contributed by atoms with E-state index in [4.69, 9.17) is 11.6 Å². The molecule has 0 spiro atoms. The van der Waals surface area contributed by atoms with Crippen LogP contribution in [-0.2, 0) is 13.5 Å². The van der Waals surface area contributed by atoms with Crippen molar-refractivity contribution in [3.05, 3.63) is 16.9 Å². The molecule has 0 atom stereocenters. The number of rotatable bonds is 2. The molecule has 1 aromatic rings. The summed E-state index contributed by atoms with van der Waals surface area (Å²) < 4.78 is 1.69. The third-order valence-corrected chi connectivity index (χ3v) is 1.73. The summed E-state index contributed by atoms with van der Waals surface area (Å²) in [6.07, 6.45) is 2.13. The van der Waals surface area contributed by atoms with Crippen molar-refractivity contribution in [2.75, 3.05) is 0 Å². The molecule has 0 bridgehead atoms. The average molecular weight is 159 g/mol. The van der Waals surface area contributed by atoms with E-state index in [1.165, 1.54) is 0 Å². The van der Waals surface area contributed by atoms with E-state index in [-0.39, 0.29) is 0 Å². The summed E-state index contributed by atoms with van der Waals surface area (Å²) in [7, 11) is 1.85. The molecule has 0 unspecified atom stereocenters. The molecule has 0 fully saturated rings. The number of halogens is 1. The van der Waals surface area contributed by atoms with Gasteiger partial charge in [-0.25, -0.2) is 0 Å². The zero-order valence-electron chi connectivity index (χ0n) is 6.26. The quantitative estimate of drug-likeness (QED) is 0.644. The van der Waals surface area contributed by atoms with Crippen LogP contribution in [0.25, 0.3) is 0 Å². The van der Waals surface area contributed by atoms with Crippen LogP contribution in [0.5, 0.6) is 0 Å². The molecule has 10 heavy (non-hydrogen) atoms. The van der Waals surface area contributed by atoms with Crippen molar-refractivity contribution in [2.45, 2.75) is 19.8 Å². The van der Waals surface area contributed by atoms with Gasteiger partial charge in [-0.15, -0.1) is 0 Å². The lowest BCUT2D eigenvalue weighted by atomic mass is 10.3. The summed E-state index contributed by atoms with van der Waals surface area (Å²) in [4.78, 5) is 0. The Morgan fingerprint density at radius 1 is 1.70 bits per heavy atom. The van der Waals surface area contributed by atoms with Gasteiger partial charge in [-0.05, 0) is 12.5 Å². The van der Waals surface area contributed by atoms with Gasteiger partial charge in [0.15, 0.2) is 0 Å². The highest BCUT2D eigenvalue weighted by Crippen LogP contribution is 2.09. The number of hydrogen-bond donors (Lipinski definition) is 0. The second-order valence-corrected chi connectivity index (χ2v) is 2.72. The molecule has 0 aliphatic heterocycles. The zero-order chi connectivity index (χ0) is 7.56. The summed E-state index contributed by atoms with van der Waals surface area (Å²) in [5.41, 5.74) is 1.08. The van der Waals surface area contributed by atoms with Crippen molar-refractivity contribution in [1.82, 2.24) is 9.78 Å². The minimum absolute atomic E-state index is 0.712. The molecule has 1 aromatic heterocycles. The van der Waals surface area contributed by atoms with Gasteiger partial charge in [0.05, 0.1) is 5.69 Å². The second kappa shape index (κ2) is 3.06. The monoisotopic (exact) mass is 158 g/mol. The maximum absolute atomic E-state index is 5.77. The van der Waals surface area contributed by atoms with E-state index >= 15 is 0 Å². The van der Waals surface area contributed by atoms with Gasteiger partial charge in [0.1, 0.15) is 5.15 Å². The van der Waals surface area contributed by atoms with Gasteiger partial charge in [0.2, 0.25) is 0 Å². The van der Waals surface area contributed by atoms with E-state index in [2.05, 4.69) is 12.0 Å². The number of nitrogens with zero attached hydrogens (tertiary/aromatic N) is 2. The zero-order valence-corrected chi connectivity index (χ0v) is 7.02. The third kappa shape index (κ3) is 1.51. The maximum Gasteiger partial charge on any atom is 0.126 e. The van der Waals surface area contributed by atoms with Crippen LogP contribution in [0.4, 0.5) is 0 Å². The van der Waals surface area contributed by atoms with E-state index in [0.717, 1.165) is 18.5 Å². The molecular weight excluding hydrogens is 148 g/mol. The molecule has 2 nitrogen and oxygen atoms in total. The Labute approximate surface area is 65.8 Å². The molecule has 0 aliphatic rings. The van der Waals surface area contributed by atoms with Crippen LogP contribution in [0.3, 0.4) is 0 Å². The molecule has 0 aromatic carbocycles. The Bertz CT molecular complexity index is 198. The normalized spacial score (nSPS) is 10.3. The highest BCUT2D eigenvalue weighted by Gasteiger charge is 1.99. The van der Waals surface area contributed by atoms with Gasteiger partial charge in [-0.1, -0.05) is 24.9 Å². The van der Waals surface area contributed by atoms with Crippen molar-refractivity contribution in [3.63, 3.8) is 0 Å². The highest BCUT2D eigenvalue weighted by molar-refractivity contribution is 6.29. The fraction of sp³-hybridized carbons (Fsp3) is 0.571. The summed E-state index contributed by atoms with van der Waals surface area (Å²) in [6.45, 7) is 2.13. The van der Waals surface area contributed by atoms with Gasteiger partial charge in [0.25, 0.3) is 0 Å². The van der Waals surface area contributed by atoms with Gasteiger partial charge < -0.3 is 0 Å². The van der Waals surface area contributed by atoms with Gasteiger partial charge in [-0.2, -0.15) is 5.10 Å². The van der Waals surface area contributed by atoms with Crippen molar-refractivity contribution < 1.29 is 0 Å². The molecule has 0 saturated carbocycles. The summed E-state index contributed by atoms with van der Waals surface area (Å²) >= 11 is 5.77. The standard InChI is InChI=1S/C7H11ClN2/c1-3-4-6-5-7(8)10(2)9-6/h5H,3-4H2,1-2H3. The molecule has 1 heterocycles. The van der Waals surface area contributed by atoms with Crippen molar-refractivity contribution in [1.29, 1.82) is 0 Å². The van der Waals surface area contributed by atoms with Crippen LogP contribution in [0.1, 0.15) is 19.0 Å². The Hall–Kier alpha value is -0.500. The van der Waals surface area contributed by atoms with Crippen LogP contribution in [0.2, 0.25) is 5.15 Å². The van der Waals surface area contributed by atoms with Gasteiger partial charge >= 0.3 is 0 Å². The first-order valence-electron chi connectivity index (χ1n) is 3.42. The first kappa shape index (κ1) is 7.61. The lowest BCUT2D eigenvalue weighted by molar-refractivity contribution is 0.734. The van der Waals surface area contributed by atoms with E-state index in [1.807, 2.05) is 13.1 Å². The summed E-state index contributed by atoms with van der Waals surface area (Å²) in [5.74, 6) is 0.